The third-order valence-electron chi connectivity index (χ3n) is 26.2. The van der Waals surface area contributed by atoms with Crippen molar-refractivity contribution in [1.82, 2.24) is 0 Å². The first-order valence-corrected chi connectivity index (χ1v) is 41.2. The molecule has 9 aliphatic rings. The van der Waals surface area contributed by atoms with E-state index in [1.807, 2.05) is 0 Å². The quantitative estimate of drug-likeness (QED) is 0.155. The van der Waals surface area contributed by atoms with Crippen molar-refractivity contribution in [3.8, 4) is 77.9 Å². The zero-order valence-corrected chi connectivity index (χ0v) is 64.2. The van der Waals surface area contributed by atoms with Crippen LogP contribution < -0.4 is 0 Å². The molecule has 27 rings (SSSR count). The molecule has 0 N–H and O–H groups in total. The summed E-state index contributed by atoms with van der Waals surface area (Å²) < 4.78 is 0. The molecule has 0 saturated carbocycles. The summed E-state index contributed by atoms with van der Waals surface area (Å²) in [4.78, 5) is 0. The molecule has 0 fully saturated rings. The summed E-state index contributed by atoms with van der Waals surface area (Å²) in [7, 11) is 0. The number of fused-ring (bicyclic) bond motifs is 30. The zero-order chi connectivity index (χ0) is 75.6. The van der Waals surface area contributed by atoms with Crippen molar-refractivity contribution in [3.63, 3.8) is 0 Å². The van der Waals surface area contributed by atoms with E-state index < -0.39 is 0 Å². The van der Waals surface area contributed by atoms with Gasteiger partial charge in [0.05, 0.1) is 0 Å². The van der Waals surface area contributed by atoms with Crippen LogP contribution in [0.5, 0.6) is 0 Å². The maximum Gasteiger partial charge on any atom is -0.000705 e. The maximum absolute atomic E-state index is 2.44. The third-order valence-corrected chi connectivity index (χ3v) is 26.2. The second-order valence-electron chi connectivity index (χ2n) is 32.5. The highest BCUT2D eigenvalue weighted by atomic mass is 14.3. The molecule has 0 heterocycles. The molecule has 0 saturated heterocycles. The fourth-order valence-corrected chi connectivity index (χ4v) is 20.9. The predicted octanol–water partition coefficient (Wildman–Crippen LogP) is 28.7. The van der Waals surface area contributed by atoms with Crippen molar-refractivity contribution >= 4 is 60.3 Å². The van der Waals surface area contributed by atoms with Gasteiger partial charge >= 0.3 is 0 Å². The Kier molecular flexibility index (Phi) is 16.0. The van der Waals surface area contributed by atoms with Crippen molar-refractivity contribution in [2.45, 2.75) is 57.8 Å². The lowest BCUT2D eigenvalue weighted by atomic mass is 9.89. The van der Waals surface area contributed by atoms with Crippen molar-refractivity contribution in [1.29, 1.82) is 0 Å². The minimum Gasteiger partial charge on any atom is -0.0719 e. The highest BCUT2D eigenvalue weighted by Gasteiger charge is 2.31. The van der Waals surface area contributed by atoms with Crippen LogP contribution in [0.4, 0.5) is 0 Å². The Morgan fingerprint density at radius 3 is 1.25 bits per heavy atom. The average molecular weight is 1460 g/mol. The van der Waals surface area contributed by atoms with Crippen molar-refractivity contribution < 1.29 is 0 Å². The first kappa shape index (κ1) is 67.0. The van der Waals surface area contributed by atoms with Crippen LogP contribution >= 0.6 is 0 Å². The Hall–Kier alpha value is -13.8. The molecular formula is C115H80. The molecule has 0 heteroatoms. The van der Waals surface area contributed by atoms with Crippen molar-refractivity contribution in [2.75, 3.05) is 0 Å². The van der Waals surface area contributed by atoms with Crippen LogP contribution in [-0.4, -0.2) is 0 Å². The van der Waals surface area contributed by atoms with E-state index >= 15 is 0 Å². The fraction of sp³-hybridized carbons (Fsp3) is 0.0783. The molecule has 540 valence electrons. The number of rotatable bonds is 3. The number of hydrogen-bond donors (Lipinski definition) is 0. The van der Waals surface area contributed by atoms with Crippen LogP contribution in [0.15, 0.2) is 376 Å². The van der Waals surface area contributed by atoms with E-state index in [0.717, 1.165) is 57.8 Å². The average Bonchev–Trinajstić information content (AvgIpc) is 1.64. The van der Waals surface area contributed by atoms with Gasteiger partial charge in [0.2, 0.25) is 0 Å². The second-order valence-corrected chi connectivity index (χ2v) is 32.5. The largest absolute Gasteiger partial charge is 0.0719 e. The van der Waals surface area contributed by atoms with Gasteiger partial charge in [0.1, 0.15) is 0 Å². The van der Waals surface area contributed by atoms with Crippen LogP contribution in [0.3, 0.4) is 0 Å². The van der Waals surface area contributed by atoms with Crippen LogP contribution in [0.2, 0.25) is 0 Å². The van der Waals surface area contributed by atoms with E-state index in [4.69, 9.17) is 0 Å². The van der Waals surface area contributed by atoms with Gasteiger partial charge in [-0.1, -0.05) is 364 Å². The minimum absolute atomic E-state index is 1.01. The smallest absolute Gasteiger partial charge is 0.000705 e. The molecule has 0 atom stereocenters. The summed E-state index contributed by atoms with van der Waals surface area (Å²) in [5.74, 6) is 0. The van der Waals surface area contributed by atoms with Gasteiger partial charge in [-0.15, -0.1) is 0 Å². The summed E-state index contributed by atoms with van der Waals surface area (Å²) in [6, 6.07) is 132. The Morgan fingerprint density at radius 2 is 0.591 bits per heavy atom. The molecule has 9 aliphatic carbocycles. The Bertz CT molecular complexity index is 7160. The minimum atomic E-state index is 1.01. The SMILES string of the molecule is C1=C(C2=CCc3ccccc32)Cc2ccccc21.C1=C(c2ccc(-c3ccc4c(c3)-c3c(ccc5ccccc35)C4)c3ccccc23)c2ccccc2C1.c1ccc2c(c1)Cc1c-2c2ccccc2c2ccccc12.c1ccc2c(c1)Cc1c-2ccc2c1-c1ccccc1C2.c1ccc2c(c1)Cc1cc3c(cc1-2)-c1ccccc1C3. The molecule has 115 heavy (non-hydrogen) atoms. The first-order chi connectivity index (χ1) is 57.0. The monoisotopic (exact) mass is 1460 g/mol. The van der Waals surface area contributed by atoms with Crippen molar-refractivity contribution in [2.24, 2.45) is 0 Å². The van der Waals surface area contributed by atoms with Gasteiger partial charge in [0, 0.05) is 0 Å². The number of allylic oxidation sites excluding steroid dienone is 4. The molecule has 0 unspecified atom stereocenters. The maximum atomic E-state index is 2.44. The number of benzene rings is 18. The van der Waals surface area contributed by atoms with Gasteiger partial charge in [0.25, 0.3) is 0 Å². The molecule has 0 aromatic heterocycles. The Balaban J connectivity index is 0.0000000875. The van der Waals surface area contributed by atoms with E-state index in [9.17, 15) is 0 Å². The van der Waals surface area contributed by atoms with Crippen LogP contribution in [0.25, 0.3) is 138 Å². The molecule has 0 amide bonds. The molecule has 0 radical (unpaired) electrons. The normalized spacial score (nSPS) is 13.8. The molecule has 0 bridgehead atoms. The lowest BCUT2D eigenvalue weighted by Crippen LogP contribution is -1.91. The van der Waals surface area contributed by atoms with Gasteiger partial charge in [-0.2, -0.15) is 0 Å². The lowest BCUT2D eigenvalue weighted by Gasteiger charge is -2.15. The van der Waals surface area contributed by atoms with E-state index in [0.29, 0.717) is 0 Å². The zero-order valence-electron chi connectivity index (χ0n) is 64.2. The van der Waals surface area contributed by atoms with Gasteiger partial charge in [-0.3, -0.25) is 0 Å². The van der Waals surface area contributed by atoms with Gasteiger partial charge in [-0.05, 0) is 313 Å². The van der Waals surface area contributed by atoms with Crippen LogP contribution in [0.1, 0.15) is 106 Å². The topological polar surface area (TPSA) is 0 Å². The predicted molar refractivity (Wildman–Crippen MR) is 484 cm³/mol. The van der Waals surface area contributed by atoms with E-state index in [1.54, 1.807) is 0 Å². The highest BCUT2D eigenvalue weighted by molar-refractivity contribution is 6.17. The molecule has 0 nitrogen and oxygen atoms in total. The lowest BCUT2D eigenvalue weighted by molar-refractivity contribution is 1.21. The first-order valence-electron chi connectivity index (χ1n) is 41.2. The Labute approximate surface area is 672 Å². The second kappa shape index (κ2) is 27.6. The molecule has 0 aliphatic heterocycles. The molecule has 0 spiro atoms. The third kappa shape index (κ3) is 11.3. The Morgan fingerprint density at radius 1 is 0.174 bits per heavy atom. The highest BCUT2D eigenvalue weighted by Crippen LogP contribution is 2.52. The summed E-state index contributed by atoms with van der Waals surface area (Å²) in [6.45, 7) is 0. The van der Waals surface area contributed by atoms with Crippen LogP contribution in [-0.2, 0) is 57.8 Å². The van der Waals surface area contributed by atoms with Crippen molar-refractivity contribution in [3.05, 3.63) is 481 Å². The molecule has 18 aromatic carbocycles. The summed E-state index contributed by atoms with van der Waals surface area (Å²) in [6.07, 6.45) is 16.7. The van der Waals surface area contributed by atoms with Crippen LogP contribution in [0, 0.1) is 0 Å². The fourth-order valence-electron chi connectivity index (χ4n) is 20.9. The summed E-state index contributed by atoms with van der Waals surface area (Å²) in [5.41, 5.74) is 51.7. The van der Waals surface area contributed by atoms with Gasteiger partial charge in [0.15, 0.2) is 0 Å². The van der Waals surface area contributed by atoms with E-state index in [1.165, 1.54) is 243 Å². The standard InChI is InChI=1S/C36H24.C21H14.2C20H14.C18H14/c1-3-9-28-23(7-1)17-18-33(28)34-20-19-29(31-11-5-6-12-32(31)34)26-15-14-25-21-27-16-13-24-8-2-4-10-30(24)36(27)35(25)22-26;1-2-8-15-14(7-1)13-20-18-11-4-3-9-16(18)17-10-5-6-12-19(17)21(15)20;1-3-7-16-14(6-1)12-19-18(16)10-9-15-11-13-5-2-4-8-17(13)20(15)19;1-3-7-17-13(5-1)9-15-11-16-10-14-6-2-4-8-18(14)20(16)12-19(15)17;1-2-7-15-12-16(11-14(15)6-1)18-10-9-13-5-3-4-8-17(13)18/h1-16,18-20,22H,17,21H2;1-12H,13H2;1-10H,11-12H2;1-8,11-12H,9-10H2;1-8,10-11H,9,12H2. The summed E-state index contributed by atoms with van der Waals surface area (Å²) in [5, 5.41) is 10.8. The number of hydrogen-bond acceptors (Lipinski definition) is 0. The van der Waals surface area contributed by atoms with Gasteiger partial charge < -0.3 is 0 Å². The van der Waals surface area contributed by atoms with Gasteiger partial charge in [-0.25, -0.2) is 0 Å². The molecular weight excluding hydrogens is 1380 g/mol. The summed E-state index contributed by atoms with van der Waals surface area (Å²) >= 11 is 0. The van der Waals surface area contributed by atoms with E-state index in [-0.39, 0.29) is 0 Å². The molecule has 18 aromatic rings. The van der Waals surface area contributed by atoms with E-state index in [2.05, 4.69) is 376 Å².